The van der Waals surface area contributed by atoms with Crippen LogP contribution in [0.3, 0.4) is 0 Å². The SMILES string of the molecule is Cn1cc(CNCC(O)COc2ccccc2)c(-c2cccnc2)n1. The minimum Gasteiger partial charge on any atom is -0.491 e. The zero-order valence-electron chi connectivity index (χ0n) is 14.2. The van der Waals surface area contributed by atoms with E-state index in [2.05, 4.69) is 15.4 Å². The number of aliphatic hydroxyl groups is 1. The smallest absolute Gasteiger partial charge is 0.119 e. The molecule has 0 amide bonds. The summed E-state index contributed by atoms with van der Waals surface area (Å²) >= 11 is 0. The first-order chi connectivity index (χ1) is 12.2. The fraction of sp³-hybridized carbons (Fsp3) is 0.263. The van der Waals surface area contributed by atoms with Gasteiger partial charge in [-0.3, -0.25) is 9.67 Å². The third kappa shape index (κ3) is 4.89. The molecule has 2 heterocycles. The van der Waals surface area contributed by atoms with Crippen molar-refractivity contribution in [2.75, 3.05) is 13.2 Å². The molecule has 0 aliphatic carbocycles. The van der Waals surface area contributed by atoms with Crippen LogP contribution in [0.1, 0.15) is 5.56 Å². The van der Waals surface area contributed by atoms with Gasteiger partial charge < -0.3 is 15.2 Å². The molecule has 3 rings (SSSR count). The number of ether oxygens (including phenoxy) is 1. The monoisotopic (exact) mass is 338 g/mol. The lowest BCUT2D eigenvalue weighted by atomic mass is 10.1. The predicted molar refractivity (Wildman–Crippen MR) is 96.1 cm³/mol. The van der Waals surface area contributed by atoms with E-state index in [1.165, 1.54) is 0 Å². The van der Waals surface area contributed by atoms with Gasteiger partial charge in [-0.25, -0.2) is 0 Å². The Kier molecular flexibility index (Phi) is 5.77. The molecule has 0 saturated carbocycles. The molecule has 6 heteroatoms. The van der Waals surface area contributed by atoms with Crippen molar-refractivity contribution in [3.63, 3.8) is 0 Å². The van der Waals surface area contributed by atoms with Gasteiger partial charge in [0.2, 0.25) is 0 Å². The lowest BCUT2D eigenvalue weighted by molar-refractivity contribution is 0.106. The number of aliphatic hydroxyl groups excluding tert-OH is 1. The van der Waals surface area contributed by atoms with E-state index in [9.17, 15) is 5.11 Å². The molecular weight excluding hydrogens is 316 g/mol. The van der Waals surface area contributed by atoms with E-state index in [4.69, 9.17) is 4.74 Å². The first-order valence-corrected chi connectivity index (χ1v) is 8.22. The largest absolute Gasteiger partial charge is 0.491 e. The van der Waals surface area contributed by atoms with Crippen LogP contribution in [0, 0.1) is 0 Å². The Bertz CT molecular complexity index is 775. The van der Waals surface area contributed by atoms with E-state index >= 15 is 0 Å². The molecule has 25 heavy (non-hydrogen) atoms. The van der Waals surface area contributed by atoms with Crippen molar-refractivity contribution in [1.82, 2.24) is 20.1 Å². The molecule has 0 aliphatic rings. The number of hydrogen-bond donors (Lipinski definition) is 2. The fourth-order valence-electron chi connectivity index (χ4n) is 2.55. The molecule has 6 nitrogen and oxygen atoms in total. The predicted octanol–water partition coefficient (Wildman–Crippen LogP) is 2.01. The van der Waals surface area contributed by atoms with Crippen molar-refractivity contribution >= 4 is 0 Å². The molecule has 0 saturated heterocycles. The van der Waals surface area contributed by atoms with Crippen LogP contribution in [0.4, 0.5) is 0 Å². The summed E-state index contributed by atoms with van der Waals surface area (Å²) in [6, 6.07) is 13.4. The number of nitrogens with one attached hydrogen (secondary N) is 1. The zero-order chi connectivity index (χ0) is 17.5. The highest BCUT2D eigenvalue weighted by Gasteiger charge is 2.11. The standard InChI is InChI=1S/C19H22N4O2/c1-23-13-16(19(22-23)15-6-5-9-20-10-15)11-21-12-17(24)14-25-18-7-3-2-4-8-18/h2-10,13,17,21,24H,11-12,14H2,1H3. The number of para-hydroxylation sites is 1. The molecule has 0 radical (unpaired) electrons. The molecule has 130 valence electrons. The van der Waals surface area contributed by atoms with Gasteiger partial charge in [-0.05, 0) is 24.3 Å². The second kappa shape index (κ2) is 8.41. The van der Waals surface area contributed by atoms with Crippen molar-refractivity contribution in [2.24, 2.45) is 7.05 Å². The average molecular weight is 338 g/mol. The Hall–Kier alpha value is -2.70. The third-order valence-electron chi connectivity index (χ3n) is 3.72. The Labute approximate surface area is 147 Å². The first-order valence-electron chi connectivity index (χ1n) is 8.22. The number of nitrogens with zero attached hydrogens (tertiary/aromatic N) is 3. The molecule has 3 aromatic rings. The van der Waals surface area contributed by atoms with Crippen LogP contribution in [-0.4, -0.2) is 39.1 Å². The van der Waals surface area contributed by atoms with Crippen LogP contribution in [0.5, 0.6) is 5.75 Å². The molecule has 0 fully saturated rings. The van der Waals surface area contributed by atoms with Crippen LogP contribution < -0.4 is 10.1 Å². The summed E-state index contributed by atoms with van der Waals surface area (Å²) in [6.07, 6.45) is 4.93. The van der Waals surface area contributed by atoms with Gasteiger partial charge in [-0.2, -0.15) is 5.10 Å². The van der Waals surface area contributed by atoms with Gasteiger partial charge in [0.1, 0.15) is 18.5 Å². The van der Waals surface area contributed by atoms with Crippen molar-refractivity contribution in [3.8, 4) is 17.0 Å². The number of benzene rings is 1. The highest BCUT2D eigenvalue weighted by atomic mass is 16.5. The van der Waals surface area contributed by atoms with Gasteiger partial charge in [-0.1, -0.05) is 18.2 Å². The summed E-state index contributed by atoms with van der Waals surface area (Å²) < 4.78 is 7.34. The number of pyridine rings is 1. The maximum Gasteiger partial charge on any atom is 0.119 e. The van der Waals surface area contributed by atoms with Crippen LogP contribution in [0.2, 0.25) is 0 Å². The molecule has 2 aromatic heterocycles. The highest BCUT2D eigenvalue weighted by molar-refractivity contribution is 5.61. The number of hydrogen-bond acceptors (Lipinski definition) is 5. The molecular formula is C19H22N4O2. The minimum atomic E-state index is -0.585. The molecule has 0 bridgehead atoms. The van der Waals surface area contributed by atoms with Crippen molar-refractivity contribution in [3.05, 3.63) is 66.6 Å². The van der Waals surface area contributed by atoms with Crippen molar-refractivity contribution in [1.29, 1.82) is 0 Å². The second-order valence-corrected chi connectivity index (χ2v) is 5.83. The van der Waals surface area contributed by atoms with Gasteiger partial charge in [0.25, 0.3) is 0 Å². The van der Waals surface area contributed by atoms with Gasteiger partial charge >= 0.3 is 0 Å². The number of rotatable bonds is 8. The molecule has 1 atom stereocenters. The summed E-state index contributed by atoms with van der Waals surface area (Å²) in [6.45, 7) is 1.30. The maximum absolute atomic E-state index is 10.1. The maximum atomic E-state index is 10.1. The van der Waals surface area contributed by atoms with Crippen LogP contribution >= 0.6 is 0 Å². The molecule has 1 aromatic carbocycles. The summed E-state index contributed by atoms with van der Waals surface area (Å²) in [5, 5.41) is 17.8. The van der Waals surface area contributed by atoms with E-state index in [1.807, 2.05) is 55.7 Å². The number of aryl methyl sites for hydroxylation is 1. The van der Waals surface area contributed by atoms with Crippen LogP contribution in [0.25, 0.3) is 11.3 Å². The molecule has 2 N–H and O–H groups in total. The zero-order valence-corrected chi connectivity index (χ0v) is 14.2. The summed E-state index contributed by atoms with van der Waals surface area (Å²) in [5.41, 5.74) is 2.94. The van der Waals surface area contributed by atoms with E-state index in [1.54, 1.807) is 17.1 Å². The summed E-state index contributed by atoms with van der Waals surface area (Å²) in [5.74, 6) is 0.757. The van der Waals surface area contributed by atoms with Gasteiger partial charge in [0.15, 0.2) is 0 Å². The third-order valence-corrected chi connectivity index (χ3v) is 3.72. The van der Waals surface area contributed by atoms with Crippen LogP contribution in [0.15, 0.2) is 61.1 Å². The number of aromatic nitrogens is 3. The Balaban J connectivity index is 1.51. The fourth-order valence-corrected chi connectivity index (χ4v) is 2.55. The van der Waals surface area contributed by atoms with Gasteiger partial charge in [-0.15, -0.1) is 0 Å². The molecule has 0 spiro atoms. The highest BCUT2D eigenvalue weighted by Crippen LogP contribution is 2.20. The first kappa shape index (κ1) is 17.1. The quantitative estimate of drug-likeness (QED) is 0.657. The lowest BCUT2D eigenvalue weighted by Gasteiger charge is -2.13. The minimum absolute atomic E-state index is 0.250. The van der Waals surface area contributed by atoms with E-state index in [-0.39, 0.29) is 6.61 Å². The van der Waals surface area contributed by atoms with E-state index in [0.29, 0.717) is 13.1 Å². The topological polar surface area (TPSA) is 72.2 Å². The van der Waals surface area contributed by atoms with Crippen molar-refractivity contribution < 1.29 is 9.84 Å². The van der Waals surface area contributed by atoms with E-state index < -0.39 is 6.10 Å². The summed E-state index contributed by atoms with van der Waals surface area (Å²) in [4.78, 5) is 4.15. The van der Waals surface area contributed by atoms with Crippen LogP contribution in [-0.2, 0) is 13.6 Å². The molecule has 0 aliphatic heterocycles. The average Bonchev–Trinajstić information content (AvgIpc) is 3.02. The Morgan fingerprint density at radius 2 is 2.04 bits per heavy atom. The lowest BCUT2D eigenvalue weighted by Crippen LogP contribution is -2.31. The summed E-state index contributed by atoms with van der Waals surface area (Å²) in [7, 11) is 1.89. The molecule has 1 unspecified atom stereocenters. The Morgan fingerprint density at radius 3 is 2.80 bits per heavy atom. The normalized spacial score (nSPS) is 12.1. The van der Waals surface area contributed by atoms with Crippen molar-refractivity contribution in [2.45, 2.75) is 12.6 Å². The second-order valence-electron chi connectivity index (χ2n) is 5.83. The van der Waals surface area contributed by atoms with E-state index in [0.717, 1.165) is 22.6 Å². The van der Waals surface area contributed by atoms with Gasteiger partial charge in [0, 0.05) is 49.9 Å². The Morgan fingerprint density at radius 1 is 1.20 bits per heavy atom. The van der Waals surface area contributed by atoms with Gasteiger partial charge in [0.05, 0.1) is 5.69 Å².